The van der Waals surface area contributed by atoms with Crippen LogP contribution in [0.1, 0.15) is 50.5 Å². The van der Waals surface area contributed by atoms with Gasteiger partial charge in [-0.3, -0.25) is 9.69 Å². The maximum atomic E-state index is 13.7. The fourth-order valence-electron chi connectivity index (χ4n) is 6.42. The Bertz CT molecular complexity index is 1110. The summed E-state index contributed by atoms with van der Waals surface area (Å²) in [6.07, 6.45) is 10.2. The molecule has 1 aliphatic heterocycles. The maximum Gasteiger partial charge on any atom is 0.321 e. The molecule has 198 valence electrons. The van der Waals surface area contributed by atoms with Crippen molar-refractivity contribution in [2.75, 3.05) is 46.2 Å². The molecule has 0 unspecified atom stereocenters. The smallest absolute Gasteiger partial charge is 0.321 e. The van der Waals surface area contributed by atoms with Crippen LogP contribution in [0.3, 0.4) is 0 Å². The Balaban J connectivity index is 1.34. The van der Waals surface area contributed by atoms with E-state index in [-0.39, 0.29) is 29.6 Å². The predicted molar refractivity (Wildman–Crippen MR) is 141 cm³/mol. The monoisotopic (exact) mass is 506 g/mol. The van der Waals surface area contributed by atoms with Crippen molar-refractivity contribution in [1.82, 2.24) is 24.7 Å². The lowest BCUT2D eigenvalue weighted by Gasteiger charge is -2.51. The average Bonchev–Trinajstić information content (AvgIpc) is 3.12. The predicted octanol–water partition coefficient (Wildman–Crippen LogP) is 3.73. The van der Waals surface area contributed by atoms with Crippen LogP contribution in [0.15, 0.2) is 42.9 Å². The van der Waals surface area contributed by atoms with Gasteiger partial charge < -0.3 is 19.9 Å². The van der Waals surface area contributed by atoms with Crippen molar-refractivity contribution >= 4 is 17.8 Å². The molecule has 9 nitrogen and oxygen atoms in total. The number of ether oxygens (including phenoxy) is 1. The molecule has 3 fully saturated rings. The van der Waals surface area contributed by atoms with E-state index in [1.807, 2.05) is 0 Å². The average molecular weight is 507 g/mol. The molecule has 1 saturated heterocycles. The van der Waals surface area contributed by atoms with E-state index >= 15 is 0 Å². The van der Waals surface area contributed by atoms with Crippen molar-refractivity contribution in [2.24, 2.45) is 5.92 Å². The van der Waals surface area contributed by atoms with Gasteiger partial charge in [0.05, 0.1) is 18.8 Å². The highest BCUT2D eigenvalue weighted by Crippen LogP contribution is 2.49. The normalized spacial score (nSPS) is 26.0. The third-order valence-electron chi connectivity index (χ3n) is 8.89. The Morgan fingerprint density at radius 2 is 1.89 bits per heavy atom. The molecule has 3 aliphatic rings. The van der Waals surface area contributed by atoms with Crippen molar-refractivity contribution < 1.29 is 14.3 Å². The molecule has 1 N–H and O–H groups in total. The zero-order valence-electron chi connectivity index (χ0n) is 22.2. The quantitative estimate of drug-likeness (QED) is 0.587. The largest absolute Gasteiger partial charge is 0.491 e. The Hall–Kier alpha value is -3.20. The van der Waals surface area contributed by atoms with Crippen LogP contribution in [-0.2, 0) is 10.3 Å². The topological polar surface area (TPSA) is 90.9 Å². The molecule has 1 aromatic carbocycles. The molecule has 0 bridgehead atoms. The van der Waals surface area contributed by atoms with Gasteiger partial charge in [-0.25, -0.2) is 14.8 Å². The minimum atomic E-state index is -0.284. The first-order chi connectivity index (χ1) is 17.9. The molecule has 5 rings (SSSR count). The van der Waals surface area contributed by atoms with E-state index in [0.29, 0.717) is 24.0 Å². The van der Waals surface area contributed by atoms with Crippen molar-refractivity contribution in [3.05, 3.63) is 48.4 Å². The third kappa shape index (κ3) is 4.77. The second-order valence-corrected chi connectivity index (χ2v) is 11.1. The van der Waals surface area contributed by atoms with Crippen molar-refractivity contribution in [1.29, 1.82) is 0 Å². The number of hydrogen-bond donors (Lipinski definition) is 1. The number of methoxy groups -OCH3 is 1. The standard InChI is InChI=1S/C28H38N6O3/c1-32(2)28(22-10-5-4-6-11-22)14-12-27(13-15-28)19-33(26(36)34(27)17-21-8-7-9-21)18-24(35)31-25-23(37-3)16-29-20-30-25/h4-6,10-11,16,20-21H,7-9,12-15,17-19H2,1-3H3,(H,29,30,31,35)/t27-,28-. The lowest BCUT2D eigenvalue weighted by atomic mass is 9.68. The molecule has 1 aromatic heterocycles. The Morgan fingerprint density at radius 3 is 2.51 bits per heavy atom. The van der Waals surface area contributed by atoms with E-state index in [1.165, 1.54) is 44.5 Å². The zero-order chi connectivity index (χ0) is 26.0. The number of rotatable bonds is 8. The van der Waals surface area contributed by atoms with Crippen molar-refractivity contribution in [2.45, 2.75) is 56.0 Å². The first-order valence-electron chi connectivity index (χ1n) is 13.3. The fourth-order valence-corrected chi connectivity index (χ4v) is 6.42. The maximum absolute atomic E-state index is 13.7. The molecular formula is C28H38N6O3. The second-order valence-electron chi connectivity index (χ2n) is 11.1. The number of anilines is 1. The summed E-state index contributed by atoms with van der Waals surface area (Å²) in [6, 6.07) is 10.7. The number of nitrogens with zero attached hydrogens (tertiary/aromatic N) is 5. The van der Waals surface area contributed by atoms with E-state index < -0.39 is 0 Å². The van der Waals surface area contributed by atoms with Crippen LogP contribution in [0.2, 0.25) is 0 Å². The van der Waals surface area contributed by atoms with Crippen LogP contribution in [0, 0.1) is 5.92 Å². The van der Waals surface area contributed by atoms with E-state index in [9.17, 15) is 9.59 Å². The van der Waals surface area contributed by atoms with E-state index in [0.717, 1.165) is 32.2 Å². The number of nitrogens with one attached hydrogen (secondary N) is 1. The van der Waals surface area contributed by atoms with Gasteiger partial charge in [-0.2, -0.15) is 0 Å². The minimum absolute atomic E-state index is 0.00752. The molecule has 0 atom stereocenters. The Morgan fingerprint density at radius 1 is 1.16 bits per heavy atom. The van der Waals surface area contributed by atoms with Gasteiger partial charge in [0.25, 0.3) is 0 Å². The molecule has 2 aromatic rings. The van der Waals surface area contributed by atoms with Crippen LogP contribution in [0.5, 0.6) is 5.75 Å². The third-order valence-corrected chi connectivity index (χ3v) is 8.89. The molecular weight excluding hydrogens is 468 g/mol. The fraction of sp³-hybridized carbons (Fsp3) is 0.571. The van der Waals surface area contributed by atoms with Gasteiger partial charge in [-0.15, -0.1) is 0 Å². The first kappa shape index (κ1) is 25.4. The summed E-state index contributed by atoms with van der Waals surface area (Å²) in [5, 5.41) is 2.79. The van der Waals surface area contributed by atoms with Gasteiger partial charge in [-0.05, 0) is 64.1 Å². The number of carbonyl (C=O) groups excluding carboxylic acids is 2. The van der Waals surface area contributed by atoms with Gasteiger partial charge in [0.1, 0.15) is 12.9 Å². The van der Waals surface area contributed by atoms with Gasteiger partial charge in [0.15, 0.2) is 11.6 Å². The molecule has 9 heteroatoms. The van der Waals surface area contributed by atoms with Gasteiger partial charge >= 0.3 is 6.03 Å². The second kappa shape index (κ2) is 10.3. The zero-order valence-corrected chi connectivity index (χ0v) is 22.2. The lowest BCUT2D eigenvalue weighted by Crippen LogP contribution is -2.56. The van der Waals surface area contributed by atoms with Crippen LogP contribution in [0.4, 0.5) is 10.6 Å². The number of hydrogen-bond acceptors (Lipinski definition) is 6. The molecule has 3 amide bonds. The highest BCUT2D eigenvalue weighted by Gasteiger charge is 2.55. The Kier molecular flexibility index (Phi) is 7.07. The van der Waals surface area contributed by atoms with Gasteiger partial charge in [-0.1, -0.05) is 36.8 Å². The number of amides is 3. The van der Waals surface area contributed by atoms with E-state index in [1.54, 1.807) is 4.90 Å². The first-order valence-corrected chi connectivity index (χ1v) is 13.3. The molecule has 0 radical (unpaired) electrons. The van der Waals surface area contributed by atoms with E-state index in [4.69, 9.17) is 4.74 Å². The van der Waals surface area contributed by atoms with Crippen LogP contribution in [0.25, 0.3) is 0 Å². The number of urea groups is 1. The number of benzene rings is 1. The van der Waals surface area contributed by atoms with Gasteiger partial charge in [0, 0.05) is 18.6 Å². The summed E-state index contributed by atoms with van der Waals surface area (Å²) >= 11 is 0. The molecule has 37 heavy (non-hydrogen) atoms. The van der Waals surface area contributed by atoms with Crippen LogP contribution >= 0.6 is 0 Å². The van der Waals surface area contributed by atoms with Crippen LogP contribution < -0.4 is 10.1 Å². The summed E-state index contributed by atoms with van der Waals surface area (Å²) in [5.41, 5.74) is 1.04. The minimum Gasteiger partial charge on any atom is -0.491 e. The molecule has 1 spiro atoms. The van der Waals surface area contributed by atoms with Crippen LogP contribution in [-0.4, -0.2) is 83.0 Å². The summed E-state index contributed by atoms with van der Waals surface area (Å²) in [4.78, 5) is 41.0. The van der Waals surface area contributed by atoms with Crippen molar-refractivity contribution in [3.63, 3.8) is 0 Å². The summed E-state index contributed by atoms with van der Waals surface area (Å²) in [6.45, 7) is 1.36. The van der Waals surface area contributed by atoms with E-state index in [2.05, 4.69) is 69.5 Å². The SMILES string of the molecule is COc1cncnc1NC(=O)CN1C[C@]2(CC[C@@](c3ccccc3)(N(C)C)CC2)N(CC2CCC2)C1=O. The molecule has 2 aliphatic carbocycles. The molecule has 2 saturated carbocycles. The molecule has 2 heterocycles. The highest BCUT2D eigenvalue weighted by molar-refractivity contribution is 5.95. The highest BCUT2D eigenvalue weighted by atomic mass is 16.5. The Labute approximate surface area is 219 Å². The number of aromatic nitrogens is 2. The lowest BCUT2D eigenvalue weighted by molar-refractivity contribution is -0.116. The summed E-state index contributed by atoms with van der Waals surface area (Å²) in [5.74, 6) is 0.981. The van der Waals surface area contributed by atoms with Gasteiger partial charge in [0.2, 0.25) is 5.91 Å². The summed E-state index contributed by atoms with van der Waals surface area (Å²) < 4.78 is 5.25. The van der Waals surface area contributed by atoms with Crippen molar-refractivity contribution in [3.8, 4) is 5.75 Å². The number of carbonyl (C=O) groups is 2. The summed E-state index contributed by atoms with van der Waals surface area (Å²) in [7, 11) is 5.83.